The normalized spacial score (nSPS) is 10.8. The van der Waals surface area contributed by atoms with Crippen molar-refractivity contribution in [3.8, 4) is 5.75 Å². The predicted molar refractivity (Wildman–Crippen MR) is 83.9 cm³/mol. The fraction of sp³-hybridized carbons (Fsp3) is 0.400. The van der Waals surface area contributed by atoms with Crippen LogP contribution in [0.5, 0.6) is 5.75 Å². The summed E-state index contributed by atoms with van der Waals surface area (Å²) in [5.41, 5.74) is 8.83. The fourth-order valence-electron chi connectivity index (χ4n) is 2.12. The smallest absolute Gasteiger partial charge is 0.131 e. The Hall–Kier alpha value is -1.33. The molecule has 1 aromatic carbocycles. The molecule has 2 aromatic rings. The molecule has 0 radical (unpaired) electrons. The quantitative estimate of drug-likeness (QED) is 0.881. The van der Waals surface area contributed by atoms with Gasteiger partial charge in [-0.25, -0.2) is 0 Å². The standard InChI is InChI=1S/C15H20BrN3O/c1-3-19-14(15(16)11(2)18-19)10-20-13-6-4-5-12(9-13)7-8-17/h4-6,9H,3,7-8,10,17H2,1-2H3. The third-order valence-corrected chi connectivity index (χ3v) is 4.19. The average molecular weight is 338 g/mol. The van der Waals surface area contributed by atoms with Crippen LogP contribution in [0, 0.1) is 6.92 Å². The lowest BCUT2D eigenvalue weighted by Crippen LogP contribution is -2.07. The summed E-state index contributed by atoms with van der Waals surface area (Å²) in [6.45, 7) is 6.04. The molecular weight excluding hydrogens is 318 g/mol. The molecule has 0 unspecified atom stereocenters. The SMILES string of the molecule is CCn1nc(C)c(Br)c1COc1cccc(CCN)c1. The number of rotatable bonds is 6. The number of hydrogen-bond acceptors (Lipinski definition) is 3. The summed E-state index contributed by atoms with van der Waals surface area (Å²) < 4.78 is 8.87. The first-order valence-corrected chi connectivity index (χ1v) is 7.58. The highest BCUT2D eigenvalue weighted by Gasteiger charge is 2.12. The second-order valence-corrected chi connectivity index (χ2v) is 5.43. The number of hydrogen-bond donors (Lipinski definition) is 1. The van der Waals surface area contributed by atoms with E-state index in [0.717, 1.165) is 34.6 Å². The van der Waals surface area contributed by atoms with Crippen LogP contribution in [-0.4, -0.2) is 16.3 Å². The van der Waals surface area contributed by atoms with Gasteiger partial charge in [-0.3, -0.25) is 4.68 Å². The molecule has 0 aliphatic carbocycles. The van der Waals surface area contributed by atoms with E-state index >= 15 is 0 Å². The van der Waals surface area contributed by atoms with Crippen molar-refractivity contribution in [1.29, 1.82) is 0 Å². The van der Waals surface area contributed by atoms with Gasteiger partial charge in [0.15, 0.2) is 0 Å². The van der Waals surface area contributed by atoms with Crippen LogP contribution < -0.4 is 10.5 Å². The minimum atomic E-state index is 0.501. The van der Waals surface area contributed by atoms with Crippen LogP contribution in [0.1, 0.15) is 23.9 Å². The maximum atomic E-state index is 5.88. The molecule has 0 atom stereocenters. The van der Waals surface area contributed by atoms with Crippen LogP contribution in [0.2, 0.25) is 0 Å². The number of ether oxygens (including phenoxy) is 1. The van der Waals surface area contributed by atoms with Crippen LogP contribution in [0.3, 0.4) is 0 Å². The summed E-state index contributed by atoms with van der Waals surface area (Å²) >= 11 is 3.57. The Balaban J connectivity index is 2.10. The molecule has 5 heteroatoms. The van der Waals surface area contributed by atoms with E-state index in [-0.39, 0.29) is 0 Å². The Labute approximate surface area is 128 Å². The highest BCUT2D eigenvalue weighted by molar-refractivity contribution is 9.10. The van der Waals surface area contributed by atoms with Crippen molar-refractivity contribution >= 4 is 15.9 Å². The second kappa shape index (κ2) is 6.90. The molecule has 108 valence electrons. The average Bonchev–Trinajstić information content (AvgIpc) is 2.73. The summed E-state index contributed by atoms with van der Waals surface area (Å²) in [4.78, 5) is 0. The van der Waals surface area contributed by atoms with Gasteiger partial charge in [-0.15, -0.1) is 0 Å². The second-order valence-electron chi connectivity index (χ2n) is 4.64. The number of aryl methyl sites for hydroxylation is 2. The largest absolute Gasteiger partial charge is 0.487 e. The molecule has 0 bridgehead atoms. The van der Waals surface area contributed by atoms with Gasteiger partial charge >= 0.3 is 0 Å². The monoisotopic (exact) mass is 337 g/mol. The van der Waals surface area contributed by atoms with Crippen molar-refractivity contribution < 1.29 is 4.74 Å². The van der Waals surface area contributed by atoms with Gasteiger partial charge in [0.2, 0.25) is 0 Å². The summed E-state index contributed by atoms with van der Waals surface area (Å²) in [6.07, 6.45) is 0.868. The van der Waals surface area contributed by atoms with Crippen molar-refractivity contribution in [2.24, 2.45) is 5.73 Å². The Kier molecular flexibility index (Phi) is 5.20. The molecule has 2 rings (SSSR count). The molecule has 1 aromatic heterocycles. The zero-order valence-corrected chi connectivity index (χ0v) is 13.5. The van der Waals surface area contributed by atoms with Gasteiger partial charge in [-0.05, 0) is 60.4 Å². The highest BCUT2D eigenvalue weighted by atomic mass is 79.9. The van der Waals surface area contributed by atoms with Crippen LogP contribution in [0.4, 0.5) is 0 Å². The summed E-state index contributed by atoms with van der Waals surface area (Å²) in [7, 11) is 0. The lowest BCUT2D eigenvalue weighted by molar-refractivity contribution is 0.291. The summed E-state index contributed by atoms with van der Waals surface area (Å²) in [6, 6.07) is 8.07. The first-order valence-electron chi connectivity index (χ1n) is 6.79. The van der Waals surface area contributed by atoms with Crippen molar-refractivity contribution in [2.45, 2.75) is 33.4 Å². The van der Waals surface area contributed by atoms with Gasteiger partial charge in [0.1, 0.15) is 12.4 Å². The van der Waals surface area contributed by atoms with Gasteiger partial charge in [0.25, 0.3) is 0 Å². The van der Waals surface area contributed by atoms with Crippen molar-refractivity contribution in [2.75, 3.05) is 6.54 Å². The molecule has 0 aliphatic rings. The summed E-state index contributed by atoms with van der Waals surface area (Å²) in [5, 5.41) is 4.46. The van der Waals surface area contributed by atoms with Crippen molar-refractivity contribution in [3.63, 3.8) is 0 Å². The molecule has 1 heterocycles. The van der Waals surface area contributed by atoms with E-state index in [1.54, 1.807) is 0 Å². The Morgan fingerprint density at radius 1 is 1.40 bits per heavy atom. The first-order chi connectivity index (χ1) is 9.65. The third-order valence-electron chi connectivity index (χ3n) is 3.16. The zero-order chi connectivity index (χ0) is 14.5. The topological polar surface area (TPSA) is 53.1 Å². The van der Waals surface area contributed by atoms with Crippen LogP contribution in [0.25, 0.3) is 0 Å². The molecule has 0 amide bonds. The van der Waals surface area contributed by atoms with E-state index < -0.39 is 0 Å². The maximum Gasteiger partial charge on any atom is 0.131 e. The Morgan fingerprint density at radius 3 is 2.90 bits per heavy atom. The lowest BCUT2D eigenvalue weighted by atomic mass is 10.1. The van der Waals surface area contributed by atoms with Gasteiger partial charge < -0.3 is 10.5 Å². The molecule has 4 nitrogen and oxygen atoms in total. The molecule has 0 spiro atoms. The maximum absolute atomic E-state index is 5.88. The van der Waals surface area contributed by atoms with E-state index in [4.69, 9.17) is 10.5 Å². The lowest BCUT2D eigenvalue weighted by Gasteiger charge is -2.09. The minimum Gasteiger partial charge on any atom is -0.487 e. The molecule has 20 heavy (non-hydrogen) atoms. The molecule has 0 aliphatic heterocycles. The van der Waals surface area contributed by atoms with Gasteiger partial charge in [-0.1, -0.05) is 12.1 Å². The first kappa shape index (κ1) is 15.1. The van der Waals surface area contributed by atoms with Gasteiger partial charge in [0, 0.05) is 6.54 Å². The van der Waals surface area contributed by atoms with E-state index in [1.165, 1.54) is 5.56 Å². The fourth-order valence-corrected chi connectivity index (χ4v) is 2.51. The van der Waals surface area contributed by atoms with E-state index in [9.17, 15) is 0 Å². The van der Waals surface area contributed by atoms with E-state index in [1.807, 2.05) is 29.8 Å². The number of nitrogens with two attached hydrogens (primary N) is 1. The molecule has 0 saturated heterocycles. The molecule has 2 N–H and O–H groups in total. The Bertz CT molecular complexity index is 580. The van der Waals surface area contributed by atoms with Crippen molar-refractivity contribution in [3.05, 3.63) is 45.7 Å². The van der Waals surface area contributed by atoms with Crippen LogP contribution in [0.15, 0.2) is 28.7 Å². The van der Waals surface area contributed by atoms with Crippen LogP contribution in [-0.2, 0) is 19.6 Å². The number of halogens is 1. The molecular formula is C15H20BrN3O. The predicted octanol–water partition coefficient (Wildman–Crippen LogP) is 3.05. The van der Waals surface area contributed by atoms with Gasteiger partial charge in [-0.2, -0.15) is 5.10 Å². The Morgan fingerprint density at radius 2 is 2.20 bits per heavy atom. The van der Waals surface area contributed by atoms with Crippen molar-refractivity contribution in [1.82, 2.24) is 9.78 Å². The third kappa shape index (κ3) is 3.41. The van der Waals surface area contributed by atoms with Crippen LogP contribution >= 0.6 is 15.9 Å². The molecule has 0 fully saturated rings. The summed E-state index contributed by atoms with van der Waals surface area (Å²) in [5.74, 6) is 0.865. The number of aromatic nitrogens is 2. The van der Waals surface area contributed by atoms with E-state index in [0.29, 0.717) is 13.2 Å². The zero-order valence-electron chi connectivity index (χ0n) is 11.9. The number of benzene rings is 1. The number of nitrogens with zero attached hydrogens (tertiary/aromatic N) is 2. The molecule has 0 saturated carbocycles. The van der Waals surface area contributed by atoms with E-state index in [2.05, 4.69) is 34.0 Å². The van der Waals surface area contributed by atoms with Gasteiger partial charge in [0.05, 0.1) is 15.9 Å². The highest BCUT2D eigenvalue weighted by Crippen LogP contribution is 2.23. The minimum absolute atomic E-state index is 0.501.